The highest BCUT2D eigenvalue weighted by atomic mass is 35.5. The number of rotatable bonds is 5. The molecule has 0 spiro atoms. The van der Waals surface area contributed by atoms with E-state index in [-0.39, 0.29) is 12.5 Å². The molecule has 1 aliphatic heterocycles. The van der Waals surface area contributed by atoms with E-state index < -0.39 is 11.6 Å². The second-order valence-corrected chi connectivity index (χ2v) is 11.8. The molecule has 6 nitrogen and oxygen atoms in total. The Balaban J connectivity index is 0.000000617. The van der Waals surface area contributed by atoms with Crippen LogP contribution in [0.4, 0.5) is 5.13 Å². The highest BCUT2D eigenvalue weighted by molar-refractivity contribution is 7.22. The summed E-state index contributed by atoms with van der Waals surface area (Å²) >= 11 is 7.73. The quantitative estimate of drug-likeness (QED) is 0.280. The van der Waals surface area contributed by atoms with Gasteiger partial charge < -0.3 is 19.8 Å². The summed E-state index contributed by atoms with van der Waals surface area (Å²) in [4.78, 5) is 18.9. The standard InChI is InChI=1S/C26H23ClN2O3S.C4H10O/c1-16-13-21-25(24(20(16)14-23(30)31)18-7-9-19(27)10-8-18)33-26(28-21)29-11-12-32-22(15-29)17-5-3-2-4-6-17;1-4(2,3)5/h2-10,13,22H,11-12,14-15H2,1H3,(H,30,31);5H,1-3H3. The van der Waals surface area contributed by atoms with Gasteiger partial charge >= 0.3 is 5.97 Å². The molecule has 0 bridgehead atoms. The average molecular weight is 553 g/mol. The van der Waals surface area contributed by atoms with E-state index in [0.29, 0.717) is 11.6 Å². The van der Waals surface area contributed by atoms with Crippen molar-refractivity contribution in [2.45, 2.75) is 45.8 Å². The van der Waals surface area contributed by atoms with Gasteiger partial charge in [0.25, 0.3) is 0 Å². The number of morpholine rings is 1. The van der Waals surface area contributed by atoms with E-state index in [1.54, 1.807) is 32.1 Å². The molecule has 2 heterocycles. The van der Waals surface area contributed by atoms with Crippen molar-refractivity contribution in [3.05, 3.63) is 82.4 Å². The molecule has 1 fully saturated rings. The zero-order chi connectivity index (χ0) is 27.4. The normalized spacial score (nSPS) is 15.7. The van der Waals surface area contributed by atoms with Gasteiger partial charge in [-0.3, -0.25) is 4.79 Å². The molecule has 2 N–H and O–H groups in total. The summed E-state index contributed by atoms with van der Waals surface area (Å²) in [5.74, 6) is -0.851. The van der Waals surface area contributed by atoms with Crippen LogP contribution in [0.3, 0.4) is 0 Å². The van der Waals surface area contributed by atoms with Crippen LogP contribution in [-0.4, -0.2) is 46.5 Å². The minimum absolute atomic E-state index is 0.00740. The van der Waals surface area contributed by atoms with E-state index in [0.717, 1.165) is 56.3 Å². The van der Waals surface area contributed by atoms with Gasteiger partial charge in [-0.1, -0.05) is 65.4 Å². The Labute approximate surface area is 232 Å². The van der Waals surface area contributed by atoms with Gasteiger partial charge in [-0.15, -0.1) is 0 Å². The van der Waals surface area contributed by atoms with E-state index in [4.69, 9.17) is 26.4 Å². The molecule has 1 atom stereocenters. The predicted molar refractivity (Wildman–Crippen MR) is 155 cm³/mol. The molecule has 1 aliphatic rings. The second kappa shape index (κ2) is 11.8. The van der Waals surface area contributed by atoms with E-state index >= 15 is 0 Å². The number of carboxylic acids is 1. The van der Waals surface area contributed by atoms with Crippen LogP contribution in [0.25, 0.3) is 21.3 Å². The van der Waals surface area contributed by atoms with Crippen LogP contribution in [0.5, 0.6) is 0 Å². The molecule has 38 heavy (non-hydrogen) atoms. The molecule has 0 radical (unpaired) electrons. The van der Waals surface area contributed by atoms with Gasteiger partial charge in [-0.25, -0.2) is 4.98 Å². The molecule has 1 unspecified atom stereocenters. The van der Waals surface area contributed by atoms with Crippen molar-refractivity contribution in [2.24, 2.45) is 0 Å². The van der Waals surface area contributed by atoms with Gasteiger partial charge in [0.05, 0.1) is 35.4 Å². The number of aryl methyl sites for hydroxylation is 1. The number of ether oxygens (including phenoxy) is 1. The lowest BCUT2D eigenvalue weighted by Gasteiger charge is -2.32. The van der Waals surface area contributed by atoms with Crippen molar-refractivity contribution in [2.75, 3.05) is 24.6 Å². The fourth-order valence-electron chi connectivity index (χ4n) is 4.35. The van der Waals surface area contributed by atoms with Gasteiger partial charge in [0, 0.05) is 17.1 Å². The van der Waals surface area contributed by atoms with Gasteiger partial charge in [0.1, 0.15) is 6.10 Å². The number of hydrogen-bond acceptors (Lipinski definition) is 6. The summed E-state index contributed by atoms with van der Waals surface area (Å²) < 4.78 is 7.03. The van der Waals surface area contributed by atoms with Crippen molar-refractivity contribution < 1.29 is 19.7 Å². The summed E-state index contributed by atoms with van der Waals surface area (Å²) in [7, 11) is 0. The van der Waals surface area contributed by atoms with Crippen molar-refractivity contribution in [3.8, 4) is 11.1 Å². The summed E-state index contributed by atoms with van der Waals surface area (Å²) in [5.41, 5.74) is 5.16. The van der Waals surface area contributed by atoms with Crippen LogP contribution in [0.15, 0.2) is 60.7 Å². The molecule has 200 valence electrons. The number of aliphatic carboxylic acids is 1. The van der Waals surface area contributed by atoms with Crippen LogP contribution in [-0.2, 0) is 16.0 Å². The number of carboxylic acid groups (broad SMARTS) is 1. The summed E-state index contributed by atoms with van der Waals surface area (Å²) in [5, 5.41) is 19.7. The van der Waals surface area contributed by atoms with Crippen LogP contribution in [0.2, 0.25) is 5.02 Å². The highest BCUT2D eigenvalue weighted by Crippen LogP contribution is 2.41. The lowest BCUT2D eigenvalue weighted by atomic mass is 9.93. The number of aromatic nitrogens is 1. The molecule has 1 aromatic heterocycles. The number of thiazole rings is 1. The Kier molecular flexibility index (Phi) is 8.73. The molecule has 4 aromatic rings. The number of halogens is 1. The maximum absolute atomic E-state index is 11.7. The smallest absolute Gasteiger partial charge is 0.307 e. The largest absolute Gasteiger partial charge is 0.481 e. The minimum Gasteiger partial charge on any atom is -0.481 e. The Morgan fingerprint density at radius 3 is 2.45 bits per heavy atom. The summed E-state index contributed by atoms with van der Waals surface area (Å²) in [6.07, 6.45) is -0.0485. The first-order chi connectivity index (χ1) is 18.0. The van der Waals surface area contributed by atoms with Gasteiger partial charge in [-0.2, -0.15) is 0 Å². The number of anilines is 1. The van der Waals surface area contributed by atoms with Crippen molar-refractivity contribution in [1.29, 1.82) is 0 Å². The molecule has 0 saturated carbocycles. The first-order valence-corrected chi connectivity index (χ1v) is 13.7. The zero-order valence-corrected chi connectivity index (χ0v) is 23.6. The topological polar surface area (TPSA) is 82.9 Å². The molecular formula is C30H33ClN2O4S. The van der Waals surface area contributed by atoms with Crippen LogP contribution >= 0.6 is 22.9 Å². The number of carbonyl (C=O) groups is 1. The van der Waals surface area contributed by atoms with Gasteiger partial charge in [0.15, 0.2) is 5.13 Å². The molecular weight excluding hydrogens is 520 g/mol. The Bertz CT molecular complexity index is 1390. The zero-order valence-electron chi connectivity index (χ0n) is 22.1. The highest BCUT2D eigenvalue weighted by Gasteiger charge is 2.26. The second-order valence-electron chi connectivity index (χ2n) is 10.4. The van der Waals surface area contributed by atoms with Gasteiger partial charge in [0.2, 0.25) is 0 Å². The number of nitrogens with zero attached hydrogens (tertiary/aromatic N) is 2. The molecule has 1 saturated heterocycles. The van der Waals surface area contributed by atoms with Crippen molar-refractivity contribution >= 4 is 44.3 Å². The predicted octanol–water partition coefficient (Wildman–Crippen LogP) is 6.91. The molecule has 0 amide bonds. The van der Waals surface area contributed by atoms with Crippen LogP contribution in [0.1, 0.15) is 43.6 Å². The lowest BCUT2D eigenvalue weighted by Crippen LogP contribution is -2.38. The number of aliphatic hydroxyl groups is 1. The molecule has 0 aliphatic carbocycles. The van der Waals surface area contributed by atoms with Crippen LogP contribution in [0, 0.1) is 6.92 Å². The van der Waals surface area contributed by atoms with E-state index in [9.17, 15) is 9.90 Å². The molecule has 3 aromatic carbocycles. The molecule has 8 heteroatoms. The van der Waals surface area contributed by atoms with E-state index in [1.807, 2.05) is 55.5 Å². The molecule has 5 rings (SSSR count). The Morgan fingerprint density at radius 2 is 1.82 bits per heavy atom. The summed E-state index contributed by atoms with van der Waals surface area (Å²) in [6.45, 7) is 9.30. The third kappa shape index (κ3) is 7.11. The monoisotopic (exact) mass is 552 g/mol. The summed E-state index contributed by atoms with van der Waals surface area (Å²) in [6, 6.07) is 19.8. The van der Waals surface area contributed by atoms with Crippen LogP contribution < -0.4 is 4.90 Å². The maximum Gasteiger partial charge on any atom is 0.307 e. The van der Waals surface area contributed by atoms with E-state index in [2.05, 4.69) is 17.0 Å². The van der Waals surface area contributed by atoms with E-state index in [1.165, 1.54) is 0 Å². The number of fused-ring (bicyclic) bond motifs is 1. The van der Waals surface area contributed by atoms with Gasteiger partial charge in [-0.05, 0) is 68.1 Å². The SMILES string of the molecule is CC(C)(C)O.Cc1cc2nc(N3CCOC(c4ccccc4)C3)sc2c(-c2ccc(Cl)cc2)c1CC(=O)O. The third-order valence-corrected chi connectivity index (χ3v) is 7.37. The fraction of sp³-hybridized carbons (Fsp3) is 0.333. The maximum atomic E-state index is 11.7. The Morgan fingerprint density at radius 1 is 1.16 bits per heavy atom. The minimum atomic E-state index is -0.851. The fourth-order valence-corrected chi connectivity index (χ4v) is 5.65. The van der Waals surface area contributed by atoms with Crippen molar-refractivity contribution in [1.82, 2.24) is 4.98 Å². The van der Waals surface area contributed by atoms with Crippen molar-refractivity contribution in [3.63, 3.8) is 0 Å². The lowest BCUT2D eigenvalue weighted by molar-refractivity contribution is -0.136. The number of benzene rings is 3. The third-order valence-electron chi connectivity index (χ3n) is 5.97. The first-order valence-electron chi connectivity index (χ1n) is 12.5. The average Bonchev–Trinajstić information content (AvgIpc) is 3.28. The first kappa shape index (κ1) is 28.0. The Hall–Kier alpha value is -2.97. The number of hydrogen-bond donors (Lipinski definition) is 2.